The van der Waals surface area contributed by atoms with Crippen molar-refractivity contribution in [2.45, 2.75) is 17.1 Å². The predicted molar refractivity (Wildman–Crippen MR) is 64.7 cm³/mol. The monoisotopic (exact) mass is 243 g/mol. The van der Waals surface area contributed by atoms with Crippen molar-refractivity contribution in [1.82, 2.24) is 5.32 Å². The lowest BCUT2D eigenvalue weighted by molar-refractivity contribution is 0.506. The first-order valence-corrected chi connectivity index (χ1v) is 5.94. The maximum absolute atomic E-state index is 12.9. The van der Waals surface area contributed by atoms with E-state index in [4.69, 9.17) is 0 Å². The zero-order valence-corrected chi connectivity index (χ0v) is 9.99. The highest BCUT2D eigenvalue weighted by Crippen LogP contribution is 2.24. The van der Waals surface area contributed by atoms with Gasteiger partial charge in [-0.25, -0.2) is 8.78 Å². The Morgan fingerprint density at radius 3 is 2.81 bits per heavy atom. The Labute approximate surface area is 98.9 Å². The van der Waals surface area contributed by atoms with Crippen LogP contribution in [0, 0.1) is 11.6 Å². The van der Waals surface area contributed by atoms with Crippen LogP contribution in [0.4, 0.5) is 8.78 Å². The Morgan fingerprint density at radius 1 is 1.44 bits per heavy atom. The maximum Gasteiger partial charge on any atom is 0.159 e. The topological polar surface area (TPSA) is 12.0 Å². The molecular weight excluding hydrogens is 228 g/mol. The summed E-state index contributed by atoms with van der Waals surface area (Å²) in [6.07, 6.45) is 1.79. The molecule has 0 spiro atoms. The summed E-state index contributed by atoms with van der Waals surface area (Å²) in [5, 5.41) is 3.47. The largest absolute Gasteiger partial charge is 0.312 e. The van der Waals surface area contributed by atoms with Crippen LogP contribution in [0.25, 0.3) is 0 Å². The van der Waals surface area contributed by atoms with E-state index in [-0.39, 0.29) is 0 Å². The summed E-state index contributed by atoms with van der Waals surface area (Å²) in [7, 11) is 0. The molecule has 0 saturated heterocycles. The number of rotatable bonds is 6. The Morgan fingerprint density at radius 2 is 2.19 bits per heavy atom. The molecule has 0 amide bonds. The van der Waals surface area contributed by atoms with Gasteiger partial charge in [-0.1, -0.05) is 13.0 Å². The fraction of sp³-hybridized carbons (Fsp3) is 0.333. The van der Waals surface area contributed by atoms with Gasteiger partial charge >= 0.3 is 0 Å². The molecule has 0 radical (unpaired) electrons. The molecule has 1 unspecified atom stereocenters. The highest BCUT2D eigenvalue weighted by Gasteiger charge is 2.07. The molecule has 0 heterocycles. The van der Waals surface area contributed by atoms with Crippen molar-refractivity contribution in [3.05, 3.63) is 42.5 Å². The van der Waals surface area contributed by atoms with Gasteiger partial charge in [-0.15, -0.1) is 18.3 Å². The minimum absolute atomic E-state index is 0.296. The van der Waals surface area contributed by atoms with E-state index in [0.29, 0.717) is 5.25 Å². The van der Waals surface area contributed by atoms with Gasteiger partial charge in [0.25, 0.3) is 0 Å². The number of hydrogen-bond acceptors (Lipinski definition) is 2. The van der Waals surface area contributed by atoms with E-state index in [9.17, 15) is 8.78 Å². The molecule has 0 saturated carbocycles. The highest BCUT2D eigenvalue weighted by atomic mass is 32.2. The molecule has 0 bridgehead atoms. The summed E-state index contributed by atoms with van der Waals surface area (Å²) in [6, 6.07) is 3.97. The van der Waals surface area contributed by atoms with E-state index in [2.05, 4.69) is 11.9 Å². The number of halogens is 2. The van der Waals surface area contributed by atoms with Gasteiger partial charge in [-0.2, -0.15) is 0 Å². The van der Waals surface area contributed by atoms with Gasteiger partial charge in [-0.3, -0.25) is 0 Å². The molecule has 1 aromatic rings. The van der Waals surface area contributed by atoms with Crippen LogP contribution in [-0.2, 0) is 0 Å². The highest BCUT2D eigenvalue weighted by molar-refractivity contribution is 8.00. The predicted octanol–water partition coefficient (Wildman–Crippen LogP) is 3.22. The van der Waals surface area contributed by atoms with Crippen molar-refractivity contribution >= 4 is 11.8 Å². The van der Waals surface area contributed by atoms with E-state index in [1.165, 1.54) is 17.8 Å². The first-order chi connectivity index (χ1) is 7.63. The second-order valence-corrected chi connectivity index (χ2v) is 4.96. The molecule has 1 N–H and O–H groups in total. The Balaban J connectivity index is 2.46. The number of nitrogens with one attached hydrogen (secondary N) is 1. The van der Waals surface area contributed by atoms with E-state index in [1.807, 2.05) is 6.92 Å². The molecule has 0 aliphatic heterocycles. The van der Waals surface area contributed by atoms with E-state index in [1.54, 1.807) is 12.1 Å². The molecule has 88 valence electrons. The molecule has 0 aliphatic carbocycles. The van der Waals surface area contributed by atoms with Crippen LogP contribution in [0.15, 0.2) is 35.7 Å². The summed E-state index contributed by atoms with van der Waals surface area (Å²) in [4.78, 5) is 0.742. The molecule has 0 fully saturated rings. The summed E-state index contributed by atoms with van der Waals surface area (Å²) in [6.45, 7) is 7.19. The zero-order valence-electron chi connectivity index (χ0n) is 9.17. The molecule has 1 nitrogen and oxygen atoms in total. The lowest BCUT2D eigenvalue weighted by atomic mass is 10.3. The fourth-order valence-electron chi connectivity index (χ4n) is 1.21. The smallest absolute Gasteiger partial charge is 0.159 e. The number of thioether (sulfide) groups is 1. The third-order valence-electron chi connectivity index (χ3n) is 1.95. The van der Waals surface area contributed by atoms with Crippen LogP contribution < -0.4 is 5.32 Å². The van der Waals surface area contributed by atoms with Gasteiger partial charge in [0.05, 0.1) is 0 Å². The average molecular weight is 243 g/mol. The molecular formula is C12H15F2NS. The van der Waals surface area contributed by atoms with Gasteiger partial charge in [-0.05, 0) is 18.2 Å². The van der Waals surface area contributed by atoms with Gasteiger partial charge in [0.2, 0.25) is 0 Å². The summed E-state index contributed by atoms with van der Waals surface area (Å²) in [5.74, 6) is -1.60. The molecule has 0 aliphatic rings. The normalized spacial score (nSPS) is 12.4. The van der Waals surface area contributed by atoms with Crippen molar-refractivity contribution in [2.75, 3.05) is 13.1 Å². The second kappa shape index (κ2) is 6.66. The molecule has 1 atom stereocenters. The van der Waals surface area contributed by atoms with Gasteiger partial charge in [0, 0.05) is 23.2 Å². The zero-order chi connectivity index (χ0) is 12.0. The number of benzene rings is 1. The van der Waals surface area contributed by atoms with Crippen molar-refractivity contribution < 1.29 is 8.78 Å². The van der Waals surface area contributed by atoms with Gasteiger partial charge in [0.15, 0.2) is 11.6 Å². The Kier molecular flexibility index (Phi) is 5.49. The van der Waals surface area contributed by atoms with Crippen molar-refractivity contribution in [2.24, 2.45) is 0 Å². The maximum atomic E-state index is 12.9. The minimum Gasteiger partial charge on any atom is -0.312 e. The van der Waals surface area contributed by atoms with Crippen LogP contribution >= 0.6 is 11.8 Å². The van der Waals surface area contributed by atoms with Crippen molar-refractivity contribution in [3.63, 3.8) is 0 Å². The van der Waals surface area contributed by atoms with E-state index < -0.39 is 11.6 Å². The van der Waals surface area contributed by atoms with Gasteiger partial charge in [0.1, 0.15) is 0 Å². The van der Waals surface area contributed by atoms with Crippen LogP contribution in [0.1, 0.15) is 6.92 Å². The average Bonchev–Trinajstić information content (AvgIpc) is 2.24. The summed E-state index contributed by atoms with van der Waals surface area (Å²) < 4.78 is 25.6. The molecule has 0 aromatic heterocycles. The van der Waals surface area contributed by atoms with Crippen LogP contribution in [-0.4, -0.2) is 18.3 Å². The molecule has 1 aromatic carbocycles. The Bertz CT molecular complexity index is 355. The summed E-state index contributed by atoms with van der Waals surface area (Å²) in [5.41, 5.74) is 0. The van der Waals surface area contributed by atoms with Gasteiger partial charge < -0.3 is 5.32 Å². The minimum atomic E-state index is -0.804. The third-order valence-corrected chi connectivity index (χ3v) is 3.04. The molecule has 16 heavy (non-hydrogen) atoms. The van der Waals surface area contributed by atoms with E-state index in [0.717, 1.165) is 24.1 Å². The first kappa shape index (κ1) is 13.2. The van der Waals surface area contributed by atoms with E-state index >= 15 is 0 Å². The standard InChI is InChI=1S/C12H15F2NS/c1-3-6-15-8-9(2)16-10-4-5-11(13)12(14)7-10/h3-5,7,9,15H,1,6,8H2,2H3. The third kappa shape index (κ3) is 4.33. The second-order valence-electron chi connectivity index (χ2n) is 3.45. The van der Waals surface area contributed by atoms with Crippen LogP contribution in [0.2, 0.25) is 0 Å². The number of hydrogen-bond donors (Lipinski definition) is 1. The Hall–Kier alpha value is -0.870. The first-order valence-electron chi connectivity index (χ1n) is 5.07. The molecule has 1 rings (SSSR count). The van der Waals surface area contributed by atoms with Crippen molar-refractivity contribution in [1.29, 1.82) is 0 Å². The summed E-state index contributed by atoms with van der Waals surface area (Å²) >= 11 is 1.51. The lowest BCUT2D eigenvalue weighted by Crippen LogP contribution is -2.22. The molecule has 4 heteroatoms. The van der Waals surface area contributed by atoms with Crippen LogP contribution in [0.3, 0.4) is 0 Å². The van der Waals surface area contributed by atoms with Crippen molar-refractivity contribution in [3.8, 4) is 0 Å². The van der Waals surface area contributed by atoms with Crippen LogP contribution in [0.5, 0.6) is 0 Å². The lowest BCUT2D eigenvalue weighted by Gasteiger charge is -2.11. The SMILES string of the molecule is C=CCNCC(C)Sc1ccc(F)c(F)c1. The fourth-order valence-corrected chi connectivity index (χ4v) is 2.20. The quantitative estimate of drug-likeness (QED) is 0.468.